The number of hydrogen-bond donors (Lipinski definition) is 1. The van der Waals surface area contributed by atoms with Crippen LogP contribution in [0.2, 0.25) is 0 Å². The molecule has 0 saturated carbocycles. The highest BCUT2D eigenvalue weighted by Crippen LogP contribution is 2.17. The summed E-state index contributed by atoms with van der Waals surface area (Å²) in [5.41, 5.74) is 0. The van der Waals surface area contributed by atoms with Gasteiger partial charge in [0.2, 0.25) is 0 Å². The van der Waals surface area contributed by atoms with Crippen molar-refractivity contribution in [3.63, 3.8) is 0 Å². The monoisotopic (exact) mass is 236 g/mol. The van der Waals surface area contributed by atoms with E-state index >= 15 is 0 Å². The molecule has 1 atom stereocenters. The Kier molecular flexibility index (Phi) is 4.03. The van der Waals surface area contributed by atoms with E-state index in [9.17, 15) is 18.4 Å². The van der Waals surface area contributed by atoms with Crippen molar-refractivity contribution in [1.29, 1.82) is 0 Å². The maximum Gasteiger partial charge on any atom is 0.319 e. The van der Waals surface area contributed by atoms with Crippen molar-refractivity contribution in [2.24, 2.45) is 5.92 Å². The second kappa shape index (κ2) is 5.09. The van der Waals surface area contributed by atoms with Crippen LogP contribution in [0.25, 0.3) is 0 Å². The van der Waals surface area contributed by atoms with E-state index < -0.39 is 30.9 Å². The van der Waals surface area contributed by atoms with E-state index in [4.69, 9.17) is 5.11 Å². The number of halogens is 2. The van der Waals surface area contributed by atoms with Crippen molar-refractivity contribution in [3.05, 3.63) is 0 Å². The van der Waals surface area contributed by atoms with Crippen LogP contribution in [0.5, 0.6) is 0 Å². The predicted octanol–water partition coefficient (Wildman–Crippen LogP) is 0.710. The Morgan fingerprint density at radius 2 is 2.19 bits per heavy atom. The first-order valence-electron chi connectivity index (χ1n) is 4.92. The number of aliphatic carboxylic acids is 1. The molecule has 5 nitrogen and oxygen atoms in total. The van der Waals surface area contributed by atoms with Gasteiger partial charge in [-0.3, -0.25) is 4.79 Å². The lowest BCUT2D eigenvalue weighted by molar-refractivity contribution is -0.141. The number of hydrogen-bond acceptors (Lipinski definition) is 2. The molecular weight excluding hydrogens is 222 g/mol. The Morgan fingerprint density at radius 1 is 1.56 bits per heavy atom. The minimum Gasteiger partial charge on any atom is -0.481 e. The van der Waals surface area contributed by atoms with Gasteiger partial charge in [-0.2, -0.15) is 0 Å². The molecule has 0 bridgehead atoms. The van der Waals surface area contributed by atoms with E-state index in [1.807, 2.05) is 0 Å². The number of alkyl halides is 2. The zero-order valence-corrected chi connectivity index (χ0v) is 8.90. The fourth-order valence-corrected chi connectivity index (χ4v) is 1.66. The Balaban J connectivity index is 2.47. The van der Waals surface area contributed by atoms with Gasteiger partial charge in [-0.05, 0) is 6.42 Å². The van der Waals surface area contributed by atoms with Crippen LogP contribution in [-0.2, 0) is 4.79 Å². The van der Waals surface area contributed by atoms with Gasteiger partial charge >= 0.3 is 12.0 Å². The second-order valence-electron chi connectivity index (χ2n) is 3.82. The van der Waals surface area contributed by atoms with Gasteiger partial charge in [0, 0.05) is 20.1 Å². The molecule has 1 heterocycles. The van der Waals surface area contributed by atoms with E-state index in [-0.39, 0.29) is 6.54 Å². The third-order valence-electron chi connectivity index (χ3n) is 2.55. The standard InChI is InChI=1S/C9H14F2N2O3/c1-12(5-7(10)11)9(16)13-3-2-6(4-13)8(14)15/h6-7H,2-5H2,1H3,(H,14,15). The lowest BCUT2D eigenvalue weighted by Gasteiger charge is -2.24. The highest BCUT2D eigenvalue weighted by atomic mass is 19.3. The predicted molar refractivity (Wildman–Crippen MR) is 51.3 cm³/mol. The molecule has 2 amide bonds. The smallest absolute Gasteiger partial charge is 0.319 e. The minimum absolute atomic E-state index is 0.0990. The number of likely N-dealkylation sites (tertiary alicyclic amines) is 1. The van der Waals surface area contributed by atoms with Crippen LogP contribution in [0.4, 0.5) is 13.6 Å². The number of carbonyl (C=O) groups excluding carboxylic acids is 1. The van der Waals surface area contributed by atoms with Gasteiger partial charge in [-0.25, -0.2) is 13.6 Å². The van der Waals surface area contributed by atoms with Crippen LogP contribution in [-0.4, -0.2) is 60.0 Å². The number of urea groups is 1. The minimum atomic E-state index is -2.58. The summed E-state index contributed by atoms with van der Waals surface area (Å²) < 4.78 is 24.1. The highest BCUT2D eigenvalue weighted by molar-refractivity contribution is 5.77. The summed E-state index contributed by atoms with van der Waals surface area (Å²) in [4.78, 5) is 24.4. The Labute approximate surface area is 91.6 Å². The molecule has 0 aliphatic carbocycles. The molecule has 92 valence electrons. The van der Waals surface area contributed by atoms with Gasteiger partial charge in [0.25, 0.3) is 6.43 Å². The van der Waals surface area contributed by atoms with Gasteiger partial charge in [-0.15, -0.1) is 0 Å². The molecule has 1 saturated heterocycles. The summed E-state index contributed by atoms with van der Waals surface area (Å²) >= 11 is 0. The van der Waals surface area contributed by atoms with Gasteiger partial charge in [-0.1, -0.05) is 0 Å². The molecule has 16 heavy (non-hydrogen) atoms. The third kappa shape index (κ3) is 3.04. The SMILES string of the molecule is CN(CC(F)F)C(=O)N1CCC(C(=O)O)C1. The van der Waals surface area contributed by atoms with E-state index in [0.717, 1.165) is 4.90 Å². The summed E-state index contributed by atoms with van der Waals surface area (Å²) in [5, 5.41) is 8.73. The van der Waals surface area contributed by atoms with Crippen molar-refractivity contribution in [2.75, 3.05) is 26.7 Å². The lowest BCUT2D eigenvalue weighted by atomic mass is 10.1. The van der Waals surface area contributed by atoms with Crippen molar-refractivity contribution >= 4 is 12.0 Å². The van der Waals surface area contributed by atoms with Gasteiger partial charge < -0.3 is 14.9 Å². The molecule has 1 unspecified atom stereocenters. The van der Waals surface area contributed by atoms with Crippen LogP contribution in [0.3, 0.4) is 0 Å². The van der Waals surface area contributed by atoms with Crippen molar-refractivity contribution in [1.82, 2.24) is 9.80 Å². The van der Waals surface area contributed by atoms with Gasteiger partial charge in [0.1, 0.15) is 0 Å². The summed E-state index contributed by atoms with van der Waals surface area (Å²) in [6, 6.07) is -0.538. The van der Waals surface area contributed by atoms with Crippen LogP contribution in [0.1, 0.15) is 6.42 Å². The number of carboxylic acid groups (broad SMARTS) is 1. The summed E-state index contributed by atoms with van der Waals surface area (Å²) in [5.74, 6) is -1.53. The van der Waals surface area contributed by atoms with E-state index in [1.54, 1.807) is 0 Å². The van der Waals surface area contributed by atoms with Crippen LogP contribution < -0.4 is 0 Å². The van der Waals surface area contributed by atoms with Crippen molar-refractivity contribution in [3.8, 4) is 0 Å². The Bertz CT molecular complexity index is 286. The molecular formula is C9H14F2N2O3. The quantitative estimate of drug-likeness (QED) is 0.785. The zero-order chi connectivity index (χ0) is 12.3. The maximum atomic E-state index is 12.0. The maximum absolute atomic E-state index is 12.0. The lowest BCUT2D eigenvalue weighted by Crippen LogP contribution is -2.42. The average molecular weight is 236 g/mol. The molecule has 7 heteroatoms. The Morgan fingerprint density at radius 3 is 2.62 bits per heavy atom. The topological polar surface area (TPSA) is 60.9 Å². The number of amides is 2. The molecule has 1 rings (SSSR count). The molecule has 0 spiro atoms. The summed E-state index contributed by atoms with van der Waals surface area (Å²) in [6.45, 7) is -0.224. The summed E-state index contributed by atoms with van der Waals surface area (Å²) in [6.07, 6.45) is -2.20. The summed E-state index contributed by atoms with van der Waals surface area (Å²) in [7, 11) is 1.28. The molecule has 0 radical (unpaired) electrons. The molecule has 0 aromatic carbocycles. The Hall–Kier alpha value is -1.40. The second-order valence-corrected chi connectivity index (χ2v) is 3.82. The zero-order valence-electron chi connectivity index (χ0n) is 8.90. The van der Waals surface area contributed by atoms with E-state index in [0.29, 0.717) is 13.0 Å². The normalized spacial score (nSPS) is 20.2. The number of carboxylic acids is 1. The van der Waals surface area contributed by atoms with E-state index in [2.05, 4.69) is 0 Å². The highest BCUT2D eigenvalue weighted by Gasteiger charge is 2.32. The van der Waals surface area contributed by atoms with Crippen molar-refractivity contribution in [2.45, 2.75) is 12.8 Å². The first-order chi connectivity index (χ1) is 7.41. The van der Waals surface area contributed by atoms with Crippen LogP contribution in [0, 0.1) is 5.92 Å². The molecule has 1 aliphatic rings. The largest absolute Gasteiger partial charge is 0.481 e. The molecule has 1 fully saturated rings. The van der Waals surface area contributed by atoms with Crippen LogP contribution >= 0.6 is 0 Å². The fraction of sp³-hybridized carbons (Fsp3) is 0.778. The van der Waals surface area contributed by atoms with E-state index in [1.165, 1.54) is 11.9 Å². The van der Waals surface area contributed by atoms with Gasteiger partial charge in [0.15, 0.2) is 0 Å². The number of rotatable bonds is 3. The first kappa shape index (κ1) is 12.7. The average Bonchev–Trinajstić information content (AvgIpc) is 2.64. The fourth-order valence-electron chi connectivity index (χ4n) is 1.66. The molecule has 0 aromatic heterocycles. The first-order valence-corrected chi connectivity index (χ1v) is 4.92. The number of nitrogens with zero attached hydrogens (tertiary/aromatic N) is 2. The van der Waals surface area contributed by atoms with Gasteiger partial charge in [0.05, 0.1) is 12.5 Å². The molecule has 1 N–H and O–H groups in total. The molecule has 0 aromatic rings. The number of carbonyl (C=O) groups is 2. The van der Waals surface area contributed by atoms with Crippen LogP contribution in [0.15, 0.2) is 0 Å². The molecule has 1 aliphatic heterocycles. The van der Waals surface area contributed by atoms with Crippen molar-refractivity contribution < 1.29 is 23.5 Å². The third-order valence-corrected chi connectivity index (χ3v) is 2.55.